The topological polar surface area (TPSA) is 70.2 Å². The van der Waals surface area contributed by atoms with Gasteiger partial charge in [0.25, 0.3) is 5.91 Å². The largest absolute Gasteiger partial charge is 0.494 e. The molecule has 1 unspecified atom stereocenters. The molecule has 0 radical (unpaired) electrons. The lowest BCUT2D eigenvalue weighted by atomic mass is 9.77. The minimum Gasteiger partial charge on any atom is -0.494 e. The Morgan fingerprint density at radius 1 is 0.946 bits per heavy atom. The van der Waals surface area contributed by atoms with Gasteiger partial charge in [-0.15, -0.1) is 0 Å². The lowest BCUT2D eigenvalue weighted by Crippen LogP contribution is -2.45. The quantitative estimate of drug-likeness (QED) is 0.579. The van der Waals surface area contributed by atoms with E-state index in [0.29, 0.717) is 44.8 Å². The number of amides is 3. The van der Waals surface area contributed by atoms with Crippen LogP contribution in [0.25, 0.3) is 0 Å². The second-order valence-corrected chi connectivity index (χ2v) is 10.7. The highest BCUT2D eigenvalue weighted by atomic mass is 16.5. The summed E-state index contributed by atoms with van der Waals surface area (Å²) in [6.07, 6.45) is 3.93. The molecule has 2 aromatic rings. The molecule has 0 aromatic heterocycles. The summed E-state index contributed by atoms with van der Waals surface area (Å²) >= 11 is 0. The van der Waals surface area contributed by atoms with Crippen LogP contribution in [0.2, 0.25) is 0 Å². The average molecular weight is 504 g/mol. The van der Waals surface area contributed by atoms with Crippen molar-refractivity contribution in [3.8, 4) is 5.75 Å². The lowest BCUT2D eigenvalue weighted by Gasteiger charge is -2.39. The van der Waals surface area contributed by atoms with Gasteiger partial charge in [-0.05, 0) is 67.9 Å². The van der Waals surface area contributed by atoms with Crippen molar-refractivity contribution in [1.29, 1.82) is 0 Å². The van der Waals surface area contributed by atoms with Crippen molar-refractivity contribution in [3.63, 3.8) is 0 Å². The molecule has 3 heterocycles. The number of benzene rings is 2. The third-order valence-electron chi connectivity index (χ3n) is 8.35. The summed E-state index contributed by atoms with van der Waals surface area (Å²) in [5.41, 5.74) is 1.98. The minimum atomic E-state index is -0.236. The summed E-state index contributed by atoms with van der Waals surface area (Å²) in [5.74, 6) is 0.809. The Labute approximate surface area is 219 Å². The van der Waals surface area contributed by atoms with Gasteiger partial charge < -0.3 is 19.4 Å². The molecule has 37 heavy (non-hydrogen) atoms. The van der Waals surface area contributed by atoms with Crippen molar-refractivity contribution in [3.05, 3.63) is 65.7 Å². The van der Waals surface area contributed by atoms with Gasteiger partial charge >= 0.3 is 0 Å². The van der Waals surface area contributed by atoms with E-state index in [-0.39, 0.29) is 29.1 Å². The standard InChI is InChI=1S/C30H37N3O4/c1-2-37-26-10-8-24(9-11-26)28(35)31-17-13-30(14-18-31)15-19-33(22-30)29(36)25-20-27(34)32(21-25)16-12-23-6-4-3-5-7-23/h3-11,25H,2,12-22H2,1H3. The van der Waals surface area contributed by atoms with E-state index in [1.165, 1.54) is 5.56 Å². The number of ether oxygens (including phenoxy) is 1. The fourth-order valence-electron chi connectivity index (χ4n) is 6.08. The maximum Gasteiger partial charge on any atom is 0.253 e. The van der Waals surface area contributed by atoms with E-state index >= 15 is 0 Å². The molecule has 196 valence electrons. The molecular formula is C30H37N3O4. The summed E-state index contributed by atoms with van der Waals surface area (Å²) in [6, 6.07) is 17.5. The summed E-state index contributed by atoms with van der Waals surface area (Å²) in [5, 5.41) is 0. The normalized spacial score (nSPS) is 21.1. The Balaban J connectivity index is 1.11. The maximum atomic E-state index is 13.3. The van der Waals surface area contributed by atoms with Gasteiger partial charge in [0.15, 0.2) is 0 Å². The Hall–Kier alpha value is -3.35. The molecule has 7 nitrogen and oxygen atoms in total. The van der Waals surface area contributed by atoms with Gasteiger partial charge in [0.05, 0.1) is 12.5 Å². The smallest absolute Gasteiger partial charge is 0.253 e. The molecule has 3 saturated heterocycles. The molecule has 3 fully saturated rings. The number of carbonyl (C=O) groups is 3. The first-order valence-corrected chi connectivity index (χ1v) is 13.6. The lowest BCUT2D eigenvalue weighted by molar-refractivity contribution is -0.135. The van der Waals surface area contributed by atoms with Crippen LogP contribution >= 0.6 is 0 Å². The molecule has 7 heteroatoms. The SMILES string of the molecule is CCOc1ccc(C(=O)N2CCC3(CC2)CCN(C(=O)C2CC(=O)N(CCc4ccccc4)C2)C3)cc1. The van der Waals surface area contributed by atoms with Gasteiger partial charge in [-0.25, -0.2) is 0 Å². The fourth-order valence-corrected chi connectivity index (χ4v) is 6.08. The van der Waals surface area contributed by atoms with Gasteiger partial charge in [0.2, 0.25) is 11.8 Å². The van der Waals surface area contributed by atoms with Gasteiger partial charge in [-0.2, -0.15) is 0 Å². The second kappa shape index (κ2) is 11.0. The third-order valence-corrected chi connectivity index (χ3v) is 8.35. The summed E-state index contributed by atoms with van der Waals surface area (Å²) in [4.78, 5) is 44.7. The molecule has 0 saturated carbocycles. The van der Waals surface area contributed by atoms with Crippen molar-refractivity contribution < 1.29 is 19.1 Å². The molecule has 3 aliphatic rings. The van der Waals surface area contributed by atoms with Crippen LogP contribution in [0, 0.1) is 11.3 Å². The number of likely N-dealkylation sites (tertiary alicyclic amines) is 3. The van der Waals surface area contributed by atoms with E-state index in [2.05, 4.69) is 12.1 Å². The number of piperidine rings is 1. The van der Waals surface area contributed by atoms with E-state index in [0.717, 1.165) is 44.5 Å². The number of nitrogens with zero attached hydrogens (tertiary/aromatic N) is 3. The van der Waals surface area contributed by atoms with Crippen molar-refractivity contribution in [2.45, 2.75) is 39.0 Å². The van der Waals surface area contributed by atoms with Crippen LogP contribution in [0.5, 0.6) is 5.75 Å². The van der Waals surface area contributed by atoms with Crippen LogP contribution in [0.3, 0.4) is 0 Å². The average Bonchev–Trinajstić information content (AvgIpc) is 3.52. The molecular weight excluding hydrogens is 466 g/mol. The second-order valence-electron chi connectivity index (χ2n) is 10.7. The van der Waals surface area contributed by atoms with Crippen molar-refractivity contribution in [2.75, 3.05) is 45.9 Å². The summed E-state index contributed by atoms with van der Waals surface area (Å²) in [6.45, 7) is 6.64. The summed E-state index contributed by atoms with van der Waals surface area (Å²) in [7, 11) is 0. The highest BCUT2D eigenvalue weighted by Gasteiger charge is 2.45. The Morgan fingerprint density at radius 2 is 1.62 bits per heavy atom. The van der Waals surface area contributed by atoms with Crippen molar-refractivity contribution >= 4 is 17.7 Å². The molecule has 0 N–H and O–H groups in total. The van der Waals surface area contributed by atoms with E-state index < -0.39 is 0 Å². The van der Waals surface area contributed by atoms with Crippen LogP contribution in [-0.2, 0) is 16.0 Å². The molecule has 5 rings (SSSR count). The van der Waals surface area contributed by atoms with E-state index in [1.807, 2.05) is 64.1 Å². The zero-order chi connectivity index (χ0) is 25.8. The van der Waals surface area contributed by atoms with E-state index in [4.69, 9.17) is 4.74 Å². The number of rotatable bonds is 7. The van der Waals surface area contributed by atoms with Crippen molar-refractivity contribution in [1.82, 2.24) is 14.7 Å². The van der Waals surface area contributed by atoms with Crippen LogP contribution < -0.4 is 4.74 Å². The van der Waals surface area contributed by atoms with E-state index in [9.17, 15) is 14.4 Å². The highest BCUT2D eigenvalue weighted by molar-refractivity contribution is 5.94. The summed E-state index contributed by atoms with van der Waals surface area (Å²) < 4.78 is 5.48. The van der Waals surface area contributed by atoms with Crippen LogP contribution in [0.1, 0.15) is 48.5 Å². The molecule has 2 aromatic carbocycles. The molecule has 0 aliphatic carbocycles. The van der Waals surface area contributed by atoms with Gasteiger partial charge in [0.1, 0.15) is 5.75 Å². The molecule has 1 spiro atoms. The van der Waals surface area contributed by atoms with Crippen LogP contribution in [-0.4, -0.2) is 78.3 Å². The Kier molecular flexibility index (Phi) is 7.49. The zero-order valence-electron chi connectivity index (χ0n) is 21.7. The van der Waals surface area contributed by atoms with Crippen molar-refractivity contribution in [2.24, 2.45) is 11.3 Å². The molecule has 3 amide bonds. The number of hydrogen-bond acceptors (Lipinski definition) is 4. The first-order valence-electron chi connectivity index (χ1n) is 13.6. The predicted molar refractivity (Wildman–Crippen MR) is 141 cm³/mol. The van der Waals surface area contributed by atoms with Gasteiger partial charge in [-0.1, -0.05) is 30.3 Å². The van der Waals surface area contributed by atoms with Gasteiger partial charge in [0, 0.05) is 51.3 Å². The zero-order valence-corrected chi connectivity index (χ0v) is 21.7. The van der Waals surface area contributed by atoms with Gasteiger partial charge in [-0.3, -0.25) is 14.4 Å². The van der Waals surface area contributed by atoms with E-state index in [1.54, 1.807) is 0 Å². The molecule has 1 atom stereocenters. The monoisotopic (exact) mass is 503 g/mol. The highest BCUT2D eigenvalue weighted by Crippen LogP contribution is 2.41. The Morgan fingerprint density at radius 3 is 2.30 bits per heavy atom. The van der Waals surface area contributed by atoms with Crippen LogP contribution in [0.4, 0.5) is 0 Å². The van der Waals surface area contributed by atoms with Crippen LogP contribution in [0.15, 0.2) is 54.6 Å². The third kappa shape index (κ3) is 5.65. The number of hydrogen-bond donors (Lipinski definition) is 0. The Bertz CT molecular complexity index is 1110. The predicted octanol–water partition coefficient (Wildman–Crippen LogP) is 3.63. The maximum absolute atomic E-state index is 13.3. The minimum absolute atomic E-state index is 0.0592. The molecule has 3 aliphatic heterocycles. The fraction of sp³-hybridized carbons (Fsp3) is 0.500. The molecule has 0 bridgehead atoms. The number of carbonyl (C=O) groups excluding carboxylic acids is 3. The first kappa shape index (κ1) is 25.3. The first-order chi connectivity index (χ1) is 18.0.